The Morgan fingerprint density at radius 2 is 1.55 bits per heavy atom. The van der Waals surface area contributed by atoms with Gasteiger partial charge in [-0.15, -0.1) is 0 Å². The van der Waals surface area contributed by atoms with Crippen LogP contribution in [0.15, 0.2) is 36.1 Å². The van der Waals surface area contributed by atoms with E-state index in [9.17, 15) is 19.2 Å². The van der Waals surface area contributed by atoms with Gasteiger partial charge in [-0.25, -0.2) is 9.59 Å². The highest BCUT2D eigenvalue weighted by Crippen LogP contribution is 2.24. The van der Waals surface area contributed by atoms with E-state index in [0.29, 0.717) is 6.08 Å². The zero-order valence-electron chi connectivity index (χ0n) is 10.8. The maximum Gasteiger partial charge on any atom is 0.379 e. The van der Waals surface area contributed by atoms with Crippen LogP contribution in [0.4, 0.5) is 0 Å². The number of carbonyl (C=O) groups is 4. The zero-order valence-corrected chi connectivity index (χ0v) is 10.8. The SMILES string of the molecule is [B]OC(=O)/C=C(/ON1C(=O)c2ccccc2C1=O)C(=O)O[B]. The lowest BCUT2D eigenvalue weighted by atomic mass is 10.1. The molecule has 10 heteroatoms. The van der Waals surface area contributed by atoms with Crippen molar-refractivity contribution in [3.63, 3.8) is 0 Å². The Morgan fingerprint density at radius 3 is 2.00 bits per heavy atom. The van der Waals surface area contributed by atoms with Crippen molar-refractivity contribution in [2.75, 3.05) is 0 Å². The molecule has 0 N–H and O–H groups in total. The van der Waals surface area contributed by atoms with E-state index in [-0.39, 0.29) is 16.2 Å². The average Bonchev–Trinajstić information content (AvgIpc) is 2.78. The summed E-state index contributed by atoms with van der Waals surface area (Å²) in [6.45, 7) is 0. The normalized spacial score (nSPS) is 13.6. The molecular weight excluding hydrogens is 292 g/mol. The van der Waals surface area contributed by atoms with E-state index >= 15 is 0 Å². The minimum Gasteiger partial charge on any atom is -0.540 e. The molecule has 8 nitrogen and oxygen atoms in total. The van der Waals surface area contributed by atoms with Crippen LogP contribution in [0.2, 0.25) is 0 Å². The summed E-state index contributed by atoms with van der Waals surface area (Å²) in [5.41, 5.74) is 0.156. The minimum atomic E-state index is -1.32. The summed E-state index contributed by atoms with van der Waals surface area (Å²) in [5, 5.41) is 0.289. The lowest BCUT2D eigenvalue weighted by Gasteiger charge is -2.15. The van der Waals surface area contributed by atoms with Crippen LogP contribution < -0.4 is 0 Å². The van der Waals surface area contributed by atoms with Crippen molar-refractivity contribution in [3.05, 3.63) is 47.2 Å². The first kappa shape index (κ1) is 15.4. The van der Waals surface area contributed by atoms with Crippen LogP contribution in [-0.2, 0) is 23.7 Å². The summed E-state index contributed by atoms with van der Waals surface area (Å²) in [4.78, 5) is 51.4. The van der Waals surface area contributed by atoms with Gasteiger partial charge in [-0.05, 0) is 12.1 Å². The Labute approximate surface area is 126 Å². The molecule has 0 atom stereocenters. The molecule has 1 aromatic carbocycles. The Balaban J connectivity index is 2.31. The summed E-state index contributed by atoms with van der Waals surface area (Å²) in [6.07, 6.45) is 0.471. The van der Waals surface area contributed by atoms with Gasteiger partial charge in [0.1, 0.15) is 0 Å². The molecular formula is C12H5B2NO7. The van der Waals surface area contributed by atoms with Gasteiger partial charge in [0.15, 0.2) is 0 Å². The quantitative estimate of drug-likeness (QED) is 0.315. The highest BCUT2D eigenvalue weighted by atomic mass is 16.7. The lowest BCUT2D eigenvalue weighted by molar-refractivity contribution is -0.141. The second-order valence-electron chi connectivity index (χ2n) is 3.89. The van der Waals surface area contributed by atoms with Crippen LogP contribution in [-0.4, -0.2) is 44.9 Å². The Kier molecular flexibility index (Phi) is 4.31. The number of amides is 2. The van der Waals surface area contributed by atoms with Crippen molar-refractivity contribution < 1.29 is 33.3 Å². The smallest absolute Gasteiger partial charge is 0.379 e. The van der Waals surface area contributed by atoms with E-state index in [2.05, 4.69) is 25.4 Å². The van der Waals surface area contributed by atoms with Crippen LogP contribution in [0, 0.1) is 0 Å². The van der Waals surface area contributed by atoms with Gasteiger partial charge in [0, 0.05) is 0 Å². The van der Waals surface area contributed by atoms with Crippen molar-refractivity contribution in [3.8, 4) is 0 Å². The third-order valence-electron chi connectivity index (χ3n) is 2.62. The molecule has 0 spiro atoms. The van der Waals surface area contributed by atoms with Crippen molar-refractivity contribution in [1.29, 1.82) is 0 Å². The first-order chi connectivity index (χ1) is 10.5. The number of rotatable bonds is 4. The summed E-state index contributed by atoms with van der Waals surface area (Å²) >= 11 is 0. The van der Waals surface area contributed by atoms with Gasteiger partial charge in [-0.3, -0.25) is 9.59 Å². The van der Waals surface area contributed by atoms with Gasteiger partial charge in [0.25, 0.3) is 11.8 Å². The molecule has 0 saturated heterocycles. The molecule has 1 aliphatic heterocycles. The van der Waals surface area contributed by atoms with Crippen molar-refractivity contribution in [1.82, 2.24) is 5.06 Å². The third-order valence-corrected chi connectivity index (χ3v) is 2.62. The summed E-state index contributed by atoms with van der Waals surface area (Å²) in [5.74, 6) is -5.00. The average molecular weight is 297 g/mol. The first-order valence-corrected chi connectivity index (χ1v) is 5.68. The zero-order chi connectivity index (χ0) is 16.3. The fourth-order valence-electron chi connectivity index (χ4n) is 1.67. The highest BCUT2D eigenvalue weighted by Gasteiger charge is 2.38. The Morgan fingerprint density at radius 1 is 1.00 bits per heavy atom. The molecule has 4 radical (unpaired) electrons. The highest BCUT2D eigenvalue weighted by molar-refractivity contribution is 6.20. The first-order valence-electron chi connectivity index (χ1n) is 5.68. The number of fused-ring (bicyclic) bond motifs is 1. The van der Waals surface area contributed by atoms with Gasteiger partial charge in [-0.1, -0.05) is 17.2 Å². The number of hydroxylamine groups is 2. The molecule has 0 unspecified atom stereocenters. The number of benzene rings is 1. The second-order valence-corrected chi connectivity index (χ2v) is 3.89. The van der Waals surface area contributed by atoms with E-state index in [0.717, 1.165) is 0 Å². The summed E-state index contributed by atoms with van der Waals surface area (Å²) < 4.78 is 7.71. The number of imide groups is 1. The maximum atomic E-state index is 12.0. The molecule has 0 saturated carbocycles. The molecule has 0 fully saturated rings. The lowest BCUT2D eigenvalue weighted by Crippen LogP contribution is -2.32. The fraction of sp³-hybridized carbons (Fsp3) is 0. The monoisotopic (exact) mass is 297 g/mol. The molecule has 1 heterocycles. The third kappa shape index (κ3) is 2.71. The topological polar surface area (TPSA) is 99.2 Å². The Hall–Kier alpha value is -3.03. The predicted molar refractivity (Wildman–Crippen MR) is 69.8 cm³/mol. The van der Waals surface area contributed by atoms with Gasteiger partial charge in [0.2, 0.25) is 5.76 Å². The number of carbonyl (C=O) groups excluding carboxylic acids is 4. The number of hydrogen-bond donors (Lipinski definition) is 0. The molecule has 106 valence electrons. The van der Waals surface area contributed by atoms with Gasteiger partial charge < -0.3 is 14.1 Å². The largest absolute Gasteiger partial charge is 0.540 e. The fourth-order valence-corrected chi connectivity index (χ4v) is 1.67. The van der Waals surface area contributed by atoms with Crippen molar-refractivity contribution >= 4 is 39.9 Å². The van der Waals surface area contributed by atoms with Crippen molar-refractivity contribution in [2.24, 2.45) is 0 Å². The molecule has 0 aromatic heterocycles. The second kappa shape index (κ2) is 6.17. The molecule has 0 aliphatic carbocycles. The van der Waals surface area contributed by atoms with E-state index in [1.165, 1.54) is 12.1 Å². The van der Waals surface area contributed by atoms with Crippen LogP contribution >= 0.6 is 0 Å². The molecule has 2 rings (SSSR count). The van der Waals surface area contributed by atoms with Gasteiger partial charge >= 0.3 is 28.0 Å². The van der Waals surface area contributed by atoms with Crippen molar-refractivity contribution in [2.45, 2.75) is 0 Å². The van der Waals surface area contributed by atoms with E-state index in [1.54, 1.807) is 12.1 Å². The van der Waals surface area contributed by atoms with E-state index < -0.39 is 29.5 Å². The number of hydrogen-bond acceptors (Lipinski definition) is 7. The number of nitrogens with zero attached hydrogens (tertiary/aromatic N) is 1. The molecule has 2 amide bonds. The molecule has 1 aromatic rings. The van der Waals surface area contributed by atoms with Crippen LogP contribution in [0.5, 0.6) is 0 Å². The summed E-state index contributed by atoms with van der Waals surface area (Å²) in [6, 6.07) is 5.89. The van der Waals surface area contributed by atoms with Gasteiger partial charge in [0.05, 0.1) is 17.2 Å². The molecule has 22 heavy (non-hydrogen) atoms. The summed E-state index contributed by atoms with van der Waals surface area (Å²) in [7, 11) is 9.29. The van der Waals surface area contributed by atoms with E-state index in [4.69, 9.17) is 4.84 Å². The van der Waals surface area contributed by atoms with Gasteiger partial charge in [-0.2, -0.15) is 0 Å². The molecule has 1 aliphatic rings. The maximum absolute atomic E-state index is 12.0. The standard InChI is InChI=1S/C12H5B2NO7/c13-20-9(16)5-8(12(19)21-14)22-15-10(17)6-3-1-2-4-7(6)11(15)18/h1-5H/b8-5+. The van der Waals surface area contributed by atoms with Crippen LogP contribution in [0.1, 0.15) is 20.7 Å². The van der Waals surface area contributed by atoms with E-state index in [1.807, 2.05) is 0 Å². The van der Waals surface area contributed by atoms with Crippen LogP contribution in [0.25, 0.3) is 0 Å². The van der Waals surface area contributed by atoms with Crippen LogP contribution in [0.3, 0.4) is 0 Å². The Bertz CT molecular complexity index is 665. The minimum absolute atomic E-state index is 0.0781. The predicted octanol–water partition coefficient (Wildman–Crippen LogP) is -0.649. The molecule has 0 bridgehead atoms.